The van der Waals surface area contributed by atoms with Gasteiger partial charge in [0, 0.05) is 25.5 Å². The molecule has 1 aromatic heterocycles. The Morgan fingerprint density at radius 3 is 3.24 bits per heavy atom. The zero-order valence-corrected chi connectivity index (χ0v) is 10.0. The predicted molar refractivity (Wildman–Crippen MR) is 65.6 cm³/mol. The maximum atomic E-state index is 11.7. The zero-order chi connectivity index (χ0) is 12.1. The Morgan fingerprint density at radius 1 is 1.65 bits per heavy atom. The van der Waals surface area contributed by atoms with Crippen LogP contribution in [-0.4, -0.2) is 42.6 Å². The largest absolute Gasteiger partial charge is 0.329 e. The van der Waals surface area contributed by atoms with E-state index in [1.54, 1.807) is 6.20 Å². The van der Waals surface area contributed by atoms with Crippen molar-refractivity contribution in [1.82, 2.24) is 20.5 Å². The molecule has 1 saturated heterocycles. The normalized spacial score (nSPS) is 19.5. The van der Waals surface area contributed by atoms with Crippen LogP contribution in [-0.2, 0) is 0 Å². The fourth-order valence-corrected chi connectivity index (χ4v) is 2.00. The van der Waals surface area contributed by atoms with Gasteiger partial charge in [0.15, 0.2) is 0 Å². The first-order valence-electron chi connectivity index (χ1n) is 5.91. The molecular formula is C12H18N4O. The van der Waals surface area contributed by atoms with Crippen molar-refractivity contribution in [1.29, 1.82) is 0 Å². The van der Waals surface area contributed by atoms with Crippen molar-refractivity contribution in [2.24, 2.45) is 0 Å². The molecule has 0 aromatic carbocycles. The SMILES string of the molecule is CNCCCN1CC(c2cccnc2)NC1=O. The van der Waals surface area contributed by atoms with Gasteiger partial charge in [0.2, 0.25) is 0 Å². The Hall–Kier alpha value is -1.62. The minimum absolute atomic E-state index is 0.0231. The van der Waals surface area contributed by atoms with Gasteiger partial charge in [-0.15, -0.1) is 0 Å². The van der Waals surface area contributed by atoms with Gasteiger partial charge < -0.3 is 15.5 Å². The lowest BCUT2D eigenvalue weighted by molar-refractivity contribution is 0.217. The van der Waals surface area contributed by atoms with Crippen LogP contribution in [0.25, 0.3) is 0 Å². The van der Waals surface area contributed by atoms with Crippen LogP contribution in [0.4, 0.5) is 4.79 Å². The summed E-state index contributed by atoms with van der Waals surface area (Å²) in [6.07, 6.45) is 4.52. The van der Waals surface area contributed by atoms with Crippen molar-refractivity contribution in [3.8, 4) is 0 Å². The minimum atomic E-state index is 0.0231. The molecular weight excluding hydrogens is 216 g/mol. The van der Waals surface area contributed by atoms with Crippen molar-refractivity contribution >= 4 is 6.03 Å². The minimum Gasteiger partial charge on any atom is -0.329 e. The summed E-state index contributed by atoms with van der Waals surface area (Å²) in [5.41, 5.74) is 1.07. The lowest BCUT2D eigenvalue weighted by Gasteiger charge is -2.14. The second-order valence-corrected chi connectivity index (χ2v) is 4.19. The molecule has 5 heteroatoms. The first-order chi connectivity index (χ1) is 8.31. The highest BCUT2D eigenvalue weighted by atomic mass is 16.2. The van der Waals surface area contributed by atoms with Gasteiger partial charge in [-0.25, -0.2) is 4.79 Å². The Labute approximate surface area is 101 Å². The summed E-state index contributed by atoms with van der Waals surface area (Å²) < 4.78 is 0. The molecule has 1 atom stereocenters. The van der Waals surface area contributed by atoms with E-state index in [2.05, 4.69) is 15.6 Å². The molecule has 1 aliphatic heterocycles. The van der Waals surface area contributed by atoms with Crippen LogP contribution in [0.2, 0.25) is 0 Å². The van der Waals surface area contributed by atoms with Crippen molar-refractivity contribution in [3.05, 3.63) is 30.1 Å². The number of aromatic nitrogens is 1. The predicted octanol–water partition coefficient (Wildman–Crippen LogP) is 0.757. The quantitative estimate of drug-likeness (QED) is 0.739. The molecule has 5 nitrogen and oxygen atoms in total. The fraction of sp³-hybridized carbons (Fsp3) is 0.500. The van der Waals surface area contributed by atoms with Crippen molar-refractivity contribution < 1.29 is 4.79 Å². The van der Waals surface area contributed by atoms with E-state index >= 15 is 0 Å². The van der Waals surface area contributed by atoms with Gasteiger partial charge in [-0.1, -0.05) is 6.07 Å². The van der Waals surface area contributed by atoms with Crippen LogP contribution in [0.1, 0.15) is 18.0 Å². The molecule has 0 saturated carbocycles. The Morgan fingerprint density at radius 2 is 2.53 bits per heavy atom. The molecule has 2 rings (SSSR count). The van der Waals surface area contributed by atoms with Gasteiger partial charge >= 0.3 is 6.03 Å². The Balaban J connectivity index is 1.91. The molecule has 1 aliphatic rings. The van der Waals surface area contributed by atoms with Gasteiger partial charge in [-0.2, -0.15) is 0 Å². The molecule has 2 heterocycles. The molecule has 0 radical (unpaired) electrons. The van der Waals surface area contributed by atoms with E-state index in [1.165, 1.54) is 0 Å². The highest BCUT2D eigenvalue weighted by Crippen LogP contribution is 2.19. The third-order valence-electron chi connectivity index (χ3n) is 2.93. The lowest BCUT2D eigenvalue weighted by Crippen LogP contribution is -2.30. The van der Waals surface area contributed by atoms with Gasteiger partial charge in [0.25, 0.3) is 0 Å². The number of hydrogen-bond donors (Lipinski definition) is 2. The summed E-state index contributed by atoms with van der Waals surface area (Å²) in [6.45, 7) is 2.46. The van der Waals surface area contributed by atoms with E-state index < -0.39 is 0 Å². The number of carbonyl (C=O) groups is 1. The summed E-state index contributed by atoms with van der Waals surface area (Å²) in [5.74, 6) is 0. The van der Waals surface area contributed by atoms with Gasteiger partial charge in [-0.3, -0.25) is 4.98 Å². The molecule has 2 N–H and O–H groups in total. The molecule has 17 heavy (non-hydrogen) atoms. The molecule has 0 aliphatic carbocycles. The van der Waals surface area contributed by atoms with Crippen LogP contribution >= 0.6 is 0 Å². The van der Waals surface area contributed by atoms with Gasteiger partial charge in [0.05, 0.1) is 6.04 Å². The van der Waals surface area contributed by atoms with Gasteiger partial charge in [0.1, 0.15) is 0 Å². The smallest absolute Gasteiger partial charge is 0.318 e. The van der Waals surface area contributed by atoms with E-state index in [9.17, 15) is 4.79 Å². The van der Waals surface area contributed by atoms with Crippen molar-refractivity contribution in [2.75, 3.05) is 26.7 Å². The fourth-order valence-electron chi connectivity index (χ4n) is 2.00. The Kier molecular flexibility index (Phi) is 3.93. The number of hydrogen-bond acceptors (Lipinski definition) is 3. The van der Waals surface area contributed by atoms with Crippen LogP contribution in [0.15, 0.2) is 24.5 Å². The number of nitrogens with zero attached hydrogens (tertiary/aromatic N) is 2. The molecule has 0 bridgehead atoms. The molecule has 92 valence electrons. The highest BCUT2D eigenvalue weighted by Gasteiger charge is 2.28. The Bertz CT molecular complexity index is 368. The van der Waals surface area contributed by atoms with E-state index in [-0.39, 0.29) is 12.1 Å². The standard InChI is InChI=1S/C12H18N4O/c1-13-5-3-7-16-9-11(15-12(16)17)10-4-2-6-14-8-10/h2,4,6,8,11,13H,3,5,7,9H2,1H3,(H,15,17). The summed E-state index contributed by atoms with van der Waals surface area (Å²) in [7, 11) is 1.92. The second kappa shape index (κ2) is 5.63. The number of urea groups is 1. The third kappa shape index (κ3) is 2.94. The molecule has 1 aromatic rings. The first-order valence-corrected chi connectivity index (χ1v) is 5.91. The molecule has 0 spiro atoms. The van der Waals surface area contributed by atoms with E-state index in [0.717, 1.165) is 31.6 Å². The topological polar surface area (TPSA) is 57.3 Å². The number of amides is 2. The third-order valence-corrected chi connectivity index (χ3v) is 2.93. The van der Waals surface area contributed by atoms with Crippen LogP contribution in [0, 0.1) is 0 Å². The van der Waals surface area contributed by atoms with Crippen molar-refractivity contribution in [2.45, 2.75) is 12.5 Å². The van der Waals surface area contributed by atoms with E-state index in [0.29, 0.717) is 0 Å². The zero-order valence-electron chi connectivity index (χ0n) is 10.0. The number of pyridine rings is 1. The molecule has 1 fully saturated rings. The summed E-state index contributed by atoms with van der Waals surface area (Å²) in [6, 6.07) is 3.99. The van der Waals surface area contributed by atoms with E-state index in [1.807, 2.05) is 30.3 Å². The van der Waals surface area contributed by atoms with Crippen molar-refractivity contribution in [3.63, 3.8) is 0 Å². The highest BCUT2D eigenvalue weighted by molar-refractivity contribution is 5.77. The van der Waals surface area contributed by atoms with E-state index in [4.69, 9.17) is 0 Å². The maximum absolute atomic E-state index is 11.7. The number of nitrogens with one attached hydrogen (secondary N) is 2. The monoisotopic (exact) mass is 234 g/mol. The number of carbonyl (C=O) groups excluding carboxylic acids is 1. The summed E-state index contributed by atoms with van der Waals surface area (Å²) in [4.78, 5) is 17.7. The summed E-state index contributed by atoms with van der Waals surface area (Å²) >= 11 is 0. The van der Waals surface area contributed by atoms with Crippen LogP contribution in [0.5, 0.6) is 0 Å². The van der Waals surface area contributed by atoms with Gasteiger partial charge in [-0.05, 0) is 31.6 Å². The molecule has 2 amide bonds. The summed E-state index contributed by atoms with van der Waals surface area (Å²) in [5, 5.41) is 6.05. The number of rotatable bonds is 5. The maximum Gasteiger partial charge on any atom is 0.318 e. The average molecular weight is 234 g/mol. The van der Waals surface area contributed by atoms with Crippen LogP contribution in [0.3, 0.4) is 0 Å². The first kappa shape index (κ1) is 11.9. The van der Waals surface area contributed by atoms with Crippen LogP contribution < -0.4 is 10.6 Å². The lowest BCUT2D eigenvalue weighted by atomic mass is 10.1. The second-order valence-electron chi connectivity index (χ2n) is 4.19. The average Bonchev–Trinajstić information content (AvgIpc) is 2.73. The molecule has 1 unspecified atom stereocenters.